The minimum Gasteiger partial charge on any atom is -0.330 e. The van der Waals surface area contributed by atoms with Crippen LogP contribution in [0.3, 0.4) is 0 Å². The van der Waals surface area contributed by atoms with E-state index in [4.69, 9.17) is 0 Å². The molecule has 3 amide bonds. The van der Waals surface area contributed by atoms with Crippen molar-refractivity contribution < 1.29 is 9.59 Å². The van der Waals surface area contributed by atoms with Crippen LogP contribution in [0, 0.1) is 0 Å². The van der Waals surface area contributed by atoms with Crippen molar-refractivity contribution in [2.45, 2.75) is 32.4 Å². The smallest absolute Gasteiger partial charge is 0.322 e. The highest BCUT2D eigenvalue weighted by molar-refractivity contribution is 7.08. The van der Waals surface area contributed by atoms with Crippen LogP contribution >= 0.6 is 11.3 Å². The third-order valence-corrected chi connectivity index (χ3v) is 5.26. The second-order valence-corrected chi connectivity index (χ2v) is 6.67. The molecule has 2 aliphatic rings. The summed E-state index contributed by atoms with van der Waals surface area (Å²) in [6.07, 6.45) is 2.57. The third-order valence-electron chi connectivity index (χ3n) is 4.56. The van der Waals surface area contributed by atoms with Crippen molar-refractivity contribution in [3.63, 3.8) is 0 Å². The van der Waals surface area contributed by atoms with Gasteiger partial charge in [0, 0.05) is 12.6 Å². The van der Waals surface area contributed by atoms with Crippen LogP contribution in [0.25, 0.3) is 0 Å². The van der Waals surface area contributed by atoms with Crippen LogP contribution in [0.4, 0.5) is 4.79 Å². The van der Waals surface area contributed by atoms with Gasteiger partial charge in [0.25, 0.3) is 5.91 Å². The number of hydrogen-bond donors (Lipinski definition) is 1. The van der Waals surface area contributed by atoms with Crippen LogP contribution in [0.15, 0.2) is 40.8 Å². The van der Waals surface area contributed by atoms with E-state index in [-0.39, 0.29) is 24.0 Å². The van der Waals surface area contributed by atoms with Crippen LogP contribution < -0.4 is 5.32 Å². The predicted octanol–water partition coefficient (Wildman–Crippen LogP) is 2.90. The van der Waals surface area contributed by atoms with E-state index >= 15 is 0 Å². The molecule has 6 heteroatoms. The Balaban J connectivity index is 2.04. The third kappa shape index (κ3) is 2.57. The Morgan fingerprint density at radius 3 is 2.91 bits per heavy atom. The Kier molecular flexibility index (Phi) is 4.26. The van der Waals surface area contributed by atoms with Crippen molar-refractivity contribution in [2.24, 2.45) is 0 Å². The molecule has 0 aromatic carbocycles. The number of rotatable bonds is 5. The van der Waals surface area contributed by atoms with E-state index in [1.165, 1.54) is 0 Å². The molecule has 23 heavy (non-hydrogen) atoms. The highest BCUT2D eigenvalue weighted by Gasteiger charge is 2.44. The monoisotopic (exact) mass is 331 g/mol. The van der Waals surface area contributed by atoms with E-state index in [0.29, 0.717) is 18.7 Å². The summed E-state index contributed by atoms with van der Waals surface area (Å²) in [5.74, 6) is 0.0274. The first-order chi connectivity index (χ1) is 11.1. The number of nitrogens with zero attached hydrogens (tertiary/aromatic N) is 2. The van der Waals surface area contributed by atoms with Crippen molar-refractivity contribution >= 4 is 23.3 Å². The van der Waals surface area contributed by atoms with Gasteiger partial charge in [0.05, 0.1) is 23.9 Å². The summed E-state index contributed by atoms with van der Waals surface area (Å²) in [7, 11) is 0. The van der Waals surface area contributed by atoms with Gasteiger partial charge in [-0.1, -0.05) is 13.0 Å². The van der Waals surface area contributed by atoms with E-state index in [1.807, 2.05) is 28.7 Å². The maximum atomic E-state index is 13.0. The fraction of sp³-hybridized carbons (Fsp3) is 0.412. The van der Waals surface area contributed by atoms with Gasteiger partial charge < -0.3 is 10.2 Å². The Bertz CT molecular complexity index is 665. The van der Waals surface area contributed by atoms with Gasteiger partial charge in [-0.2, -0.15) is 11.3 Å². The standard InChI is InChI=1S/C17H21N3O2S/c1-4-7-19-13-9-20(11(3)5-2)16(21)14(13)15(18-17(19)22)12-6-8-23-10-12/h4,6,8,10-11,15H,1,5,7,9H2,2-3H3,(H,18,22)/t11-,15-/m0/s1. The van der Waals surface area contributed by atoms with E-state index < -0.39 is 0 Å². The molecule has 0 saturated heterocycles. The number of urea groups is 1. The molecule has 0 aliphatic carbocycles. The minimum atomic E-state index is -0.355. The molecule has 0 fully saturated rings. The molecule has 122 valence electrons. The van der Waals surface area contributed by atoms with E-state index in [1.54, 1.807) is 22.3 Å². The Hall–Kier alpha value is -2.08. The molecule has 2 atom stereocenters. The normalized spacial score (nSPS) is 22.3. The van der Waals surface area contributed by atoms with E-state index in [9.17, 15) is 9.59 Å². The molecule has 5 nitrogen and oxygen atoms in total. The molecule has 0 unspecified atom stereocenters. The Morgan fingerprint density at radius 1 is 1.52 bits per heavy atom. The van der Waals surface area contributed by atoms with Gasteiger partial charge >= 0.3 is 6.03 Å². The average molecular weight is 331 g/mol. The number of amides is 3. The number of hydrogen-bond acceptors (Lipinski definition) is 3. The molecule has 1 aromatic heterocycles. The van der Waals surface area contributed by atoms with Crippen molar-refractivity contribution in [3.05, 3.63) is 46.3 Å². The fourth-order valence-corrected chi connectivity index (χ4v) is 3.79. The minimum absolute atomic E-state index is 0.0274. The number of thiophene rings is 1. The zero-order chi connectivity index (χ0) is 16.6. The van der Waals surface area contributed by atoms with Gasteiger partial charge in [-0.25, -0.2) is 4.79 Å². The topological polar surface area (TPSA) is 52.7 Å². The molecular formula is C17H21N3O2S. The average Bonchev–Trinajstić information content (AvgIpc) is 3.18. The highest BCUT2D eigenvalue weighted by Crippen LogP contribution is 2.37. The van der Waals surface area contributed by atoms with Crippen molar-refractivity contribution in [1.82, 2.24) is 15.1 Å². The first kappa shape index (κ1) is 15.8. The van der Waals surface area contributed by atoms with Crippen LogP contribution in [-0.4, -0.2) is 40.9 Å². The van der Waals surface area contributed by atoms with Gasteiger partial charge in [-0.15, -0.1) is 6.58 Å². The molecule has 1 aromatic rings. The molecule has 2 aliphatic heterocycles. The quantitative estimate of drug-likeness (QED) is 0.844. The summed E-state index contributed by atoms with van der Waals surface area (Å²) in [6.45, 7) is 8.73. The SMILES string of the molecule is C=CCN1C(=O)N[C@@H](c2ccsc2)C2=C1CN([C@@H](C)CC)C2=O. The molecule has 0 radical (unpaired) electrons. The van der Waals surface area contributed by atoms with Gasteiger partial charge in [0.1, 0.15) is 0 Å². The lowest BCUT2D eigenvalue weighted by atomic mass is 9.98. The number of nitrogens with one attached hydrogen (secondary N) is 1. The lowest BCUT2D eigenvalue weighted by Gasteiger charge is -2.32. The van der Waals surface area contributed by atoms with Gasteiger partial charge in [-0.3, -0.25) is 9.69 Å². The zero-order valence-corrected chi connectivity index (χ0v) is 14.2. The summed E-state index contributed by atoms with van der Waals surface area (Å²) >= 11 is 1.56. The molecule has 3 heterocycles. The first-order valence-corrected chi connectivity index (χ1v) is 8.77. The zero-order valence-electron chi connectivity index (χ0n) is 13.4. The van der Waals surface area contributed by atoms with Crippen LogP contribution in [-0.2, 0) is 4.79 Å². The van der Waals surface area contributed by atoms with Gasteiger partial charge in [0.15, 0.2) is 0 Å². The van der Waals surface area contributed by atoms with Gasteiger partial charge in [0.2, 0.25) is 0 Å². The molecule has 0 bridgehead atoms. The summed E-state index contributed by atoms with van der Waals surface area (Å²) < 4.78 is 0. The van der Waals surface area contributed by atoms with Crippen molar-refractivity contribution in [1.29, 1.82) is 0 Å². The maximum absolute atomic E-state index is 13.0. The predicted molar refractivity (Wildman–Crippen MR) is 91.0 cm³/mol. The largest absolute Gasteiger partial charge is 0.330 e. The lowest BCUT2D eigenvalue weighted by molar-refractivity contribution is -0.127. The lowest BCUT2D eigenvalue weighted by Crippen LogP contribution is -2.47. The van der Waals surface area contributed by atoms with E-state index in [2.05, 4.69) is 18.8 Å². The fourth-order valence-electron chi connectivity index (χ4n) is 3.10. The molecular weight excluding hydrogens is 310 g/mol. The van der Waals surface area contributed by atoms with Crippen LogP contribution in [0.5, 0.6) is 0 Å². The Labute approximate surface area is 140 Å². The van der Waals surface area contributed by atoms with Crippen molar-refractivity contribution in [3.8, 4) is 0 Å². The van der Waals surface area contributed by atoms with Crippen LogP contribution in [0.1, 0.15) is 31.9 Å². The number of carbonyl (C=O) groups is 2. The number of carbonyl (C=O) groups excluding carboxylic acids is 2. The van der Waals surface area contributed by atoms with Crippen molar-refractivity contribution in [2.75, 3.05) is 13.1 Å². The molecule has 0 saturated carbocycles. The highest BCUT2D eigenvalue weighted by atomic mass is 32.1. The first-order valence-electron chi connectivity index (χ1n) is 7.83. The Morgan fingerprint density at radius 2 is 2.30 bits per heavy atom. The van der Waals surface area contributed by atoms with Gasteiger partial charge in [-0.05, 0) is 35.7 Å². The summed E-state index contributed by atoms with van der Waals surface area (Å²) in [5.41, 5.74) is 2.48. The molecule has 0 spiro atoms. The summed E-state index contributed by atoms with van der Waals surface area (Å²) in [6, 6.07) is 1.59. The maximum Gasteiger partial charge on any atom is 0.322 e. The second kappa shape index (κ2) is 6.20. The second-order valence-electron chi connectivity index (χ2n) is 5.89. The summed E-state index contributed by atoms with van der Waals surface area (Å²) in [5, 5.41) is 6.92. The summed E-state index contributed by atoms with van der Waals surface area (Å²) in [4.78, 5) is 29.0. The van der Waals surface area contributed by atoms with Crippen LogP contribution in [0.2, 0.25) is 0 Å². The molecule has 3 rings (SSSR count). The van der Waals surface area contributed by atoms with E-state index in [0.717, 1.165) is 17.7 Å². The molecule has 1 N–H and O–H groups in total.